The van der Waals surface area contributed by atoms with Gasteiger partial charge in [0.25, 0.3) is 0 Å². The van der Waals surface area contributed by atoms with Gasteiger partial charge in [-0.2, -0.15) is 0 Å². The third-order valence-corrected chi connectivity index (χ3v) is 3.28. The van der Waals surface area contributed by atoms with Crippen LogP contribution in [0, 0.1) is 6.92 Å². The first-order chi connectivity index (χ1) is 8.77. The van der Waals surface area contributed by atoms with Crippen molar-refractivity contribution in [3.05, 3.63) is 60.4 Å². The topological polar surface area (TPSA) is 38.9 Å². The third kappa shape index (κ3) is 1.63. The molecular formula is C16H14N2. The molecule has 3 aromatic rings. The molecular weight excluding hydrogens is 220 g/mol. The van der Waals surface area contributed by atoms with Crippen molar-refractivity contribution in [3.63, 3.8) is 0 Å². The minimum Gasteiger partial charge on any atom is -0.397 e. The van der Waals surface area contributed by atoms with Crippen molar-refractivity contribution in [2.45, 2.75) is 6.92 Å². The van der Waals surface area contributed by atoms with Crippen LogP contribution >= 0.6 is 0 Å². The number of aromatic nitrogens is 1. The highest BCUT2D eigenvalue weighted by molar-refractivity contribution is 6.00. The second kappa shape index (κ2) is 4.15. The number of anilines is 1. The predicted molar refractivity (Wildman–Crippen MR) is 76.3 cm³/mol. The zero-order valence-corrected chi connectivity index (χ0v) is 10.2. The van der Waals surface area contributed by atoms with Crippen LogP contribution in [-0.2, 0) is 0 Å². The van der Waals surface area contributed by atoms with Crippen molar-refractivity contribution < 1.29 is 0 Å². The van der Waals surface area contributed by atoms with Gasteiger partial charge in [-0.25, -0.2) is 0 Å². The van der Waals surface area contributed by atoms with Crippen molar-refractivity contribution in [2.75, 3.05) is 5.73 Å². The Balaban J connectivity index is 2.38. The summed E-state index contributed by atoms with van der Waals surface area (Å²) in [6.07, 6.45) is 3.48. The Labute approximate surface area is 106 Å². The number of hydrogen-bond donors (Lipinski definition) is 1. The number of hydrogen-bond acceptors (Lipinski definition) is 2. The average molecular weight is 234 g/mol. The van der Waals surface area contributed by atoms with E-state index >= 15 is 0 Å². The molecule has 1 heterocycles. The van der Waals surface area contributed by atoms with Crippen LogP contribution < -0.4 is 5.73 Å². The smallest absolute Gasteiger partial charge is 0.0580 e. The van der Waals surface area contributed by atoms with E-state index in [1.54, 1.807) is 12.4 Å². The predicted octanol–water partition coefficient (Wildman–Crippen LogP) is 3.79. The minimum atomic E-state index is 0.714. The average Bonchev–Trinajstić information content (AvgIpc) is 2.41. The molecule has 0 saturated carbocycles. The quantitative estimate of drug-likeness (QED) is 0.695. The van der Waals surface area contributed by atoms with E-state index in [0.29, 0.717) is 5.69 Å². The van der Waals surface area contributed by atoms with E-state index in [4.69, 9.17) is 5.73 Å². The number of nitrogens with zero attached hydrogens (tertiary/aromatic N) is 1. The summed E-state index contributed by atoms with van der Waals surface area (Å²) in [4.78, 5) is 4.04. The Morgan fingerprint density at radius 3 is 2.44 bits per heavy atom. The van der Waals surface area contributed by atoms with Gasteiger partial charge in [0.2, 0.25) is 0 Å². The van der Waals surface area contributed by atoms with Gasteiger partial charge in [-0.3, -0.25) is 4.98 Å². The lowest BCUT2D eigenvalue weighted by Gasteiger charge is -2.10. The molecule has 0 aliphatic heterocycles. The molecule has 0 saturated heterocycles. The van der Waals surface area contributed by atoms with E-state index < -0.39 is 0 Å². The summed E-state index contributed by atoms with van der Waals surface area (Å²) >= 11 is 0. The molecule has 0 amide bonds. The maximum absolute atomic E-state index is 6.02. The van der Waals surface area contributed by atoms with E-state index in [9.17, 15) is 0 Å². The van der Waals surface area contributed by atoms with E-state index in [1.165, 1.54) is 16.3 Å². The molecule has 2 N–H and O–H groups in total. The molecule has 18 heavy (non-hydrogen) atoms. The van der Waals surface area contributed by atoms with Crippen LogP contribution in [0.25, 0.3) is 21.9 Å². The highest BCUT2D eigenvalue weighted by atomic mass is 14.7. The van der Waals surface area contributed by atoms with E-state index in [2.05, 4.69) is 48.3 Å². The number of nitrogen functional groups attached to an aromatic ring is 1. The molecule has 2 heteroatoms. The van der Waals surface area contributed by atoms with Gasteiger partial charge in [0.05, 0.1) is 11.9 Å². The van der Waals surface area contributed by atoms with Crippen LogP contribution in [-0.4, -0.2) is 4.98 Å². The summed E-state index contributed by atoms with van der Waals surface area (Å²) in [7, 11) is 0. The minimum absolute atomic E-state index is 0.714. The third-order valence-electron chi connectivity index (χ3n) is 3.28. The fraction of sp³-hybridized carbons (Fsp3) is 0.0625. The van der Waals surface area contributed by atoms with Gasteiger partial charge in [-0.05, 0) is 34.9 Å². The summed E-state index contributed by atoms with van der Waals surface area (Å²) in [5.41, 5.74) is 10.2. The van der Waals surface area contributed by atoms with Crippen LogP contribution in [0.2, 0.25) is 0 Å². The molecule has 0 aliphatic rings. The lowest BCUT2D eigenvalue weighted by atomic mass is 9.95. The normalized spacial score (nSPS) is 10.7. The monoisotopic (exact) mass is 234 g/mol. The van der Waals surface area contributed by atoms with Crippen molar-refractivity contribution >= 4 is 16.5 Å². The highest BCUT2D eigenvalue weighted by Gasteiger charge is 2.07. The van der Waals surface area contributed by atoms with Crippen LogP contribution in [0.15, 0.2) is 54.9 Å². The first kappa shape index (κ1) is 10.8. The number of rotatable bonds is 1. The Morgan fingerprint density at radius 2 is 1.67 bits per heavy atom. The Morgan fingerprint density at radius 1 is 0.889 bits per heavy atom. The standard InChI is InChI=1S/C16H14N2/c1-11-6-7-14(13-5-3-2-4-12(11)13)15-8-9-18-10-16(15)17/h2-10H,17H2,1H3. The van der Waals surface area contributed by atoms with Crippen LogP contribution in [0.5, 0.6) is 0 Å². The molecule has 0 radical (unpaired) electrons. The molecule has 0 bridgehead atoms. The van der Waals surface area contributed by atoms with Gasteiger partial charge in [-0.1, -0.05) is 36.4 Å². The highest BCUT2D eigenvalue weighted by Crippen LogP contribution is 2.33. The van der Waals surface area contributed by atoms with Gasteiger partial charge in [0.15, 0.2) is 0 Å². The van der Waals surface area contributed by atoms with E-state index in [1.807, 2.05) is 6.07 Å². The number of nitrogens with two attached hydrogens (primary N) is 1. The largest absolute Gasteiger partial charge is 0.397 e. The van der Waals surface area contributed by atoms with Crippen LogP contribution in [0.3, 0.4) is 0 Å². The number of benzene rings is 2. The van der Waals surface area contributed by atoms with Crippen molar-refractivity contribution in [1.82, 2.24) is 4.98 Å². The second-order valence-electron chi connectivity index (χ2n) is 4.44. The maximum atomic E-state index is 6.02. The number of aryl methyl sites for hydroxylation is 1. The molecule has 2 aromatic carbocycles. The first-order valence-electron chi connectivity index (χ1n) is 5.95. The second-order valence-corrected chi connectivity index (χ2v) is 4.44. The maximum Gasteiger partial charge on any atom is 0.0580 e. The van der Waals surface area contributed by atoms with Crippen molar-refractivity contribution in [1.29, 1.82) is 0 Å². The molecule has 0 unspecified atom stereocenters. The zero-order chi connectivity index (χ0) is 12.5. The van der Waals surface area contributed by atoms with Gasteiger partial charge < -0.3 is 5.73 Å². The Hall–Kier alpha value is -2.35. The molecule has 0 atom stereocenters. The van der Waals surface area contributed by atoms with Gasteiger partial charge in [0, 0.05) is 11.8 Å². The van der Waals surface area contributed by atoms with Crippen LogP contribution in [0.4, 0.5) is 5.69 Å². The molecule has 0 spiro atoms. The lowest BCUT2D eigenvalue weighted by molar-refractivity contribution is 1.33. The molecule has 1 aromatic heterocycles. The van der Waals surface area contributed by atoms with Crippen LogP contribution in [0.1, 0.15) is 5.56 Å². The molecule has 88 valence electrons. The molecule has 0 aliphatic carbocycles. The SMILES string of the molecule is Cc1ccc(-c2ccncc2N)c2ccccc12. The number of fused-ring (bicyclic) bond motifs is 1. The van der Waals surface area contributed by atoms with Gasteiger partial charge in [0.1, 0.15) is 0 Å². The van der Waals surface area contributed by atoms with Gasteiger partial charge >= 0.3 is 0 Å². The first-order valence-corrected chi connectivity index (χ1v) is 5.95. The summed E-state index contributed by atoms with van der Waals surface area (Å²) in [6.45, 7) is 2.13. The molecule has 2 nitrogen and oxygen atoms in total. The summed E-state index contributed by atoms with van der Waals surface area (Å²) in [6, 6.07) is 14.6. The Kier molecular flexibility index (Phi) is 2.49. The van der Waals surface area contributed by atoms with E-state index in [0.717, 1.165) is 11.1 Å². The molecule has 3 rings (SSSR count). The number of pyridine rings is 1. The van der Waals surface area contributed by atoms with Crippen molar-refractivity contribution in [2.24, 2.45) is 0 Å². The Bertz CT molecular complexity index is 717. The molecule has 0 fully saturated rings. The lowest BCUT2D eigenvalue weighted by Crippen LogP contribution is -1.92. The summed E-state index contributed by atoms with van der Waals surface area (Å²) < 4.78 is 0. The van der Waals surface area contributed by atoms with E-state index in [-0.39, 0.29) is 0 Å². The summed E-state index contributed by atoms with van der Waals surface area (Å²) in [5, 5.41) is 2.50. The fourth-order valence-corrected chi connectivity index (χ4v) is 2.34. The fourth-order valence-electron chi connectivity index (χ4n) is 2.34. The summed E-state index contributed by atoms with van der Waals surface area (Å²) in [5.74, 6) is 0. The zero-order valence-electron chi connectivity index (χ0n) is 10.2. The van der Waals surface area contributed by atoms with Crippen molar-refractivity contribution in [3.8, 4) is 11.1 Å². The van der Waals surface area contributed by atoms with Gasteiger partial charge in [-0.15, -0.1) is 0 Å².